The fourth-order valence-electron chi connectivity index (χ4n) is 3.34. The zero-order valence-electron chi connectivity index (χ0n) is 10.7. The van der Waals surface area contributed by atoms with Crippen LogP contribution in [0, 0.1) is 18.8 Å². The lowest BCUT2D eigenvalue weighted by molar-refractivity contribution is 0.117. The van der Waals surface area contributed by atoms with Crippen molar-refractivity contribution in [3.05, 3.63) is 11.7 Å². The molecule has 2 unspecified atom stereocenters. The first-order chi connectivity index (χ1) is 8.07. The molecule has 2 aliphatic heterocycles. The summed E-state index contributed by atoms with van der Waals surface area (Å²) >= 11 is 0. The van der Waals surface area contributed by atoms with Crippen molar-refractivity contribution in [3.8, 4) is 0 Å². The number of aryl methyl sites for hydroxylation is 1. The zero-order chi connectivity index (χ0) is 12.0. The molecule has 1 aromatic heterocycles. The van der Waals surface area contributed by atoms with Crippen LogP contribution in [0.5, 0.6) is 0 Å². The summed E-state index contributed by atoms with van der Waals surface area (Å²) in [4.78, 5) is 6.78. The van der Waals surface area contributed by atoms with Crippen LogP contribution in [0.15, 0.2) is 4.52 Å². The van der Waals surface area contributed by atoms with E-state index in [4.69, 9.17) is 4.52 Å². The molecule has 0 saturated carbocycles. The third-order valence-corrected chi connectivity index (χ3v) is 4.41. The van der Waals surface area contributed by atoms with Crippen molar-refractivity contribution in [3.63, 3.8) is 0 Å². The Morgan fingerprint density at radius 2 is 2.29 bits per heavy atom. The largest absolute Gasteiger partial charge is 0.338 e. The molecular formula is C12H20N4O. The van der Waals surface area contributed by atoms with Gasteiger partial charge in [0.1, 0.15) is 0 Å². The number of rotatable bonds is 2. The van der Waals surface area contributed by atoms with Crippen molar-refractivity contribution < 1.29 is 4.52 Å². The minimum absolute atomic E-state index is 0.219. The van der Waals surface area contributed by atoms with E-state index >= 15 is 0 Å². The number of nitrogens with zero attached hydrogens (tertiary/aromatic N) is 3. The van der Waals surface area contributed by atoms with Crippen molar-refractivity contribution in [2.24, 2.45) is 11.8 Å². The smallest absolute Gasteiger partial charge is 0.240 e. The molecule has 2 atom stereocenters. The molecule has 0 aliphatic carbocycles. The van der Waals surface area contributed by atoms with Gasteiger partial charge in [-0.25, -0.2) is 0 Å². The van der Waals surface area contributed by atoms with Crippen molar-refractivity contribution in [1.82, 2.24) is 20.4 Å². The molecule has 1 N–H and O–H groups in total. The summed E-state index contributed by atoms with van der Waals surface area (Å²) in [5.74, 6) is 2.97. The first-order valence-corrected chi connectivity index (χ1v) is 6.32. The van der Waals surface area contributed by atoms with Crippen LogP contribution in [0.4, 0.5) is 0 Å². The molecule has 0 bridgehead atoms. The SMILES string of the molecule is Cc1noc(CN2CC3CNCC3C2(C)C)n1. The molecule has 2 saturated heterocycles. The van der Waals surface area contributed by atoms with Gasteiger partial charge in [-0.05, 0) is 39.2 Å². The Bertz CT molecular complexity index is 414. The first kappa shape index (κ1) is 11.2. The molecule has 2 aliphatic rings. The summed E-state index contributed by atoms with van der Waals surface area (Å²) in [6, 6.07) is 0. The van der Waals surface area contributed by atoms with Gasteiger partial charge >= 0.3 is 0 Å². The van der Waals surface area contributed by atoms with E-state index in [1.54, 1.807) is 0 Å². The summed E-state index contributed by atoms with van der Waals surface area (Å²) in [5.41, 5.74) is 0.219. The lowest BCUT2D eigenvalue weighted by atomic mass is 9.85. The highest BCUT2D eigenvalue weighted by Crippen LogP contribution is 2.41. The minimum Gasteiger partial charge on any atom is -0.338 e. The average Bonchev–Trinajstić information content (AvgIpc) is 2.90. The predicted molar refractivity (Wildman–Crippen MR) is 63.4 cm³/mol. The van der Waals surface area contributed by atoms with Gasteiger partial charge in [-0.2, -0.15) is 4.98 Å². The van der Waals surface area contributed by atoms with Gasteiger partial charge in [0.15, 0.2) is 5.82 Å². The monoisotopic (exact) mass is 236 g/mol. The van der Waals surface area contributed by atoms with Crippen molar-refractivity contribution in [2.75, 3.05) is 19.6 Å². The molecule has 5 heteroatoms. The van der Waals surface area contributed by atoms with Crippen LogP contribution in [-0.4, -0.2) is 40.2 Å². The fraction of sp³-hybridized carbons (Fsp3) is 0.833. The summed E-state index contributed by atoms with van der Waals surface area (Å²) in [6.07, 6.45) is 0. The molecule has 0 radical (unpaired) electrons. The van der Waals surface area contributed by atoms with E-state index in [1.165, 1.54) is 0 Å². The Hall–Kier alpha value is -0.940. The highest BCUT2D eigenvalue weighted by atomic mass is 16.5. The number of hydrogen-bond donors (Lipinski definition) is 1. The second kappa shape index (κ2) is 3.78. The minimum atomic E-state index is 0.219. The Morgan fingerprint density at radius 1 is 1.47 bits per heavy atom. The zero-order valence-corrected chi connectivity index (χ0v) is 10.7. The maximum atomic E-state index is 5.22. The van der Waals surface area contributed by atoms with Crippen LogP contribution in [0.1, 0.15) is 25.6 Å². The predicted octanol–water partition coefficient (Wildman–Crippen LogP) is 0.808. The van der Waals surface area contributed by atoms with Gasteiger partial charge in [-0.3, -0.25) is 4.90 Å². The molecule has 1 aromatic rings. The molecule has 0 amide bonds. The maximum Gasteiger partial charge on any atom is 0.240 e. The van der Waals surface area contributed by atoms with Gasteiger partial charge < -0.3 is 9.84 Å². The Kier molecular flexibility index (Phi) is 2.48. The summed E-state index contributed by atoms with van der Waals surface area (Å²) in [5, 5.41) is 7.34. The van der Waals surface area contributed by atoms with E-state index in [0.29, 0.717) is 0 Å². The maximum absolute atomic E-state index is 5.22. The van der Waals surface area contributed by atoms with E-state index in [1.807, 2.05) is 6.92 Å². The van der Waals surface area contributed by atoms with Gasteiger partial charge in [0.25, 0.3) is 0 Å². The summed E-state index contributed by atoms with van der Waals surface area (Å²) in [7, 11) is 0. The number of hydrogen-bond acceptors (Lipinski definition) is 5. The highest BCUT2D eigenvalue weighted by Gasteiger charge is 2.49. The van der Waals surface area contributed by atoms with Crippen LogP contribution in [0.3, 0.4) is 0 Å². The van der Waals surface area contributed by atoms with Gasteiger partial charge in [-0.1, -0.05) is 5.16 Å². The lowest BCUT2D eigenvalue weighted by Crippen LogP contribution is -2.43. The Labute approximate surface area is 102 Å². The third-order valence-electron chi connectivity index (χ3n) is 4.41. The van der Waals surface area contributed by atoms with Gasteiger partial charge in [0.05, 0.1) is 6.54 Å². The normalized spacial score (nSPS) is 31.9. The van der Waals surface area contributed by atoms with E-state index in [2.05, 4.69) is 34.2 Å². The van der Waals surface area contributed by atoms with Crippen molar-refractivity contribution >= 4 is 0 Å². The van der Waals surface area contributed by atoms with Crippen LogP contribution in [0.2, 0.25) is 0 Å². The summed E-state index contributed by atoms with van der Waals surface area (Å²) < 4.78 is 5.22. The van der Waals surface area contributed by atoms with Crippen LogP contribution < -0.4 is 5.32 Å². The average molecular weight is 236 g/mol. The summed E-state index contributed by atoms with van der Waals surface area (Å²) in [6.45, 7) is 10.7. The molecule has 0 aromatic carbocycles. The highest BCUT2D eigenvalue weighted by molar-refractivity contribution is 5.05. The van der Waals surface area contributed by atoms with Gasteiger partial charge in [-0.15, -0.1) is 0 Å². The Balaban J connectivity index is 1.76. The lowest BCUT2D eigenvalue weighted by Gasteiger charge is -2.34. The van der Waals surface area contributed by atoms with Crippen LogP contribution in [-0.2, 0) is 6.54 Å². The second-order valence-corrected chi connectivity index (χ2v) is 5.79. The van der Waals surface area contributed by atoms with E-state index in [9.17, 15) is 0 Å². The molecule has 17 heavy (non-hydrogen) atoms. The van der Waals surface area contributed by atoms with E-state index in [0.717, 1.165) is 49.7 Å². The van der Waals surface area contributed by atoms with Crippen molar-refractivity contribution in [2.45, 2.75) is 32.9 Å². The molecule has 94 valence electrons. The fourth-order valence-corrected chi connectivity index (χ4v) is 3.34. The van der Waals surface area contributed by atoms with Gasteiger partial charge in [0.2, 0.25) is 5.89 Å². The van der Waals surface area contributed by atoms with Crippen molar-refractivity contribution in [1.29, 1.82) is 0 Å². The van der Waals surface area contributed by atoms with E-state index < -0.39 is 0 Å². The molecular weight excluding hydrogens is 216 g/mol. The standard InChI is InChI=1S/C12H20N4O/c1-8-14-11(17-15-8)7-16-6-9-4-13-5-10(9)12(16,2)3/h9-10,13H,4-7H2,1-3H3. The second-order valence-electron chi connectivity index (χ2n) is 5.79. The Morgan fingerprint density at radius 3 is 2.94 bits per heavy atom. The molecule has 3 rings (SSSR count). The molecule has 5 nitrogen and oxygen atoms in total. The molecule has 2 fully saturated rings. The first-order valence-electron chi connectivity index (χ1n) is 6.32. The quantitative estimate of drug-likeness (QED) is 0.823. The molecule has 0 spiro atoms. The van der Waals surface area contributed by atoms with Gasteiger partial charge in [0, 0.05) is 18.6 Å². The third kappa shape index (κ3) is 1.77. The molecule has 3 heterocycles. The number of aromatic nitrogens is 2. The van der Waals surface area contributed by atoms with Crippen LogP contribution >= 0.6 is 0 Å². The topological polar surface area (TPSA) is 54.2 Å². The number of likely N-dealkylation sites (tertiary alicyclic amines) is 1. The van der Waals surface area contributed by atoms with E-state index in [-0.39, 0.29) is 5.54 Å². The van der Waals surface area contributed by atoms with Crippen LogP contribution in [0.25, 0.3) is 0 Å². The number of fused-ring (bicyclic) bond motifs is 1. The number of nitrogens with one attached hydrogen (secondary N) is 1.